The van der Waals surface area contributed by atoms with E-state index in [-0.39, 0.29) is 0 Å². The average molecular weight is 254 g/mol. The third-order valence-corrected chi connectivity index (χ3v) is 3.33. The molecule has 1 aliphatic carbocycles. The van der Waals surface area contributed by atoms with Gasteiger partial charge in [-0.05, 0) is 31.4 Å². The van der Waals surface area contributed by atoms with Crippen molar-refractivity contribution in [3.8, 4) is 11.4 Å². The lowest BCUT2D eigenvalue weighted by molar-refractivity contribution is 0.758. The summed E-state index contributed by atoms with van der Waals surface area (Å²) in [4.78, 5) is 13.1. The van der Waals surface area contributed by atoms with Crippen molar-refractivity contribution >= 4 is 5.82 Å². The Morgan fingerprint density at radius 3 is 2.95 bits per heavy atom. The highest BCUT2D eigenvalue weighted by Crippen LogP contribution is 2.32. The molecule has 1 aliphatic rings. The lowest BCUT2D eigenvalue weighted by Crippen LogP contribution is -2.06. The first-order chi connectivity index (χ1) is 9.31. The molecular formula is C15H18N4. The van der Waals surface area contributed by atoms with Gasteiger partial charge in [0.15, 0.2) is 5.82 Å². The summed E-state index contributed by atoms with van der Waals surface area (Å²) in [5, 5.41) is 3.40. The molecule has 0 saturated heterocycles. The van der Waals surface area contributed by atoms with Crippen molar-refractivity contribution in [2.75, 3.05) is 11.9 Å². The van der Waals surface area contributed by atoms with E-state index in [1.54, 1.807) is 12.4 Å². The molecule has 0 aromatic carbocycles. The van der Waals surface area contributed by atoms with Crippen LogP contribution in [0.4, 0.5) is 5.82 Å². The minimum atomic E-state index is 0.738. The number of aryl methyl sites for hydroxylation is 1. The van der Waals surface area contributed by atoms with Crippen LogP contribution in [0.25, 0.3) is 11.4 Å². The van der Waals surface area contributed by atoms with Crippen LogP contribution < -0.4 is 5.32 Å². The third kappa shape index (κ3) is 3.28. The van der Waals surface area contributed by atoms with Crippen molar-refractivity contribution in [3.63, 3.8) is 0 Å². The van der Waals surface area contributed by atoms with Crippen molar-refractivity contribution in [3.05, 3.63) is 36.3 Å². The smallest absolute Gasteiger partial charge is 0.163 e. The van der Waals surface area contributed by atoms with E-state index in [2.05, 4.69) is 20.3 Å². The quantitative estimate of drug-likeness (QED) is 0.891. The number of rotatable bonds is 5. The Kier molecular flexibility index (Phi) is 3.40. The zero-order chi connectivity index (χ0) is 13.1. The fraction of sp³-hybridized carbons (Fsp3) is 0.400. The summed E-state index contributed by atoms with van der Waals surface area (Å²) < 4.78 is 0. The fourth-order valence-electron chi connectivity index (χ4n) is 2.09. The summed E-state index contributed by atoms with van der Waals surface area (Å²) in [6.07, 6.45) is 7.58. The summed E-state index contributed by atoms with van der Waals surface area (Å²) in [7, 11) is 0. The Hall–Kier alpha value is -1.97. The number of hydrogen-bond acceptors (Lipinski definition) is 4. The van der Waals surface area contributed by atoms with E-state index < -0.39 is 0 Å². The van der Waals surface area contributed by atoms with Crippen molar-refractivity contribution in [1.29, 1.82) is 0 Å². The number of nitrogens with one attached hydrogen (secondary N) is 1. The van der Waals surface area contributed by atoms with Gasteiger partial charge in [-0.1, -0.05) is 12.8 Å². The predicted molar refractivity (Wildman–Crippen MR) is 75.8 cm³/mol. The maximum absolute atomic E-state index is 4.56. The van der Waals surface area contributed by atoms with Gasteiger partial charge in [0.2, 0.25) is 0 Å². The molecule has 19 heavy (non-hydrogen) atoms. The van der Waals surface area contributed by atoms with Crippen molar-refractivity contribution in [2.45, 2.75) is 26.2 Å². The molecule has 0 aliphatic heterocycles. The number of anilines is 1. The highest BCUT2D eigenvalue weighted by molar-refractivity contribution is 5.56. The first-order valence-electron chi connectivity index (χ1n) is 6.81. The van der Waals surface area contributed by atoms with Crippen LogP contribution in [-0.4, -0.2) is 21.5 Å². The molecule has 98 valence electrons. The van der Waals surface area contributed by atoms with Crippen molar-refractivity contribution in [2.24, 2.45) is 5.92 Å². The Balaban J connectivity index is 1.75. The molecule has 1 fully saturated rings. The summed E-state index contributed by atoms with van der Waals surface area (Å²) in [6.45, 7) is 2.99. The van der Waals surface area contributed by atoms with Gasteiger partial charge in [0.25, 0.3) is 0 Å². The maximum atomic E-state index is 4.56. The van der Waals surface area contributed by atoms with Crippen LogP contribution in [0.3, 0.4) is 0 Å². The summed E-state index contributed by atoms with van der Waals surface area (Å²) >= 11 is 0. The van der Waals surface area contributed by atoms with Crippen LogP contribution in [-0.2, 0) is 0 Å². The molecule has 0 spiro atoms. The van der Waals surface area contributed by atoms with Crippen LogP contribution in [0.2, 0.25) is 0 Å². The monoisotopic (exact) mass is 254 g/mol. The first kappa shape index (κ1) is 12.1. The SMILES string of the molecule is Cc1cc(NCCC2CC2)nc(-c2cccnc2)n1. The van der Waals surface area contributed by atoms with E-state index in [4.69, 9.17) is 0 Å². The standard InChI is InChI=1S/C15H18N4/c1-11-9-14(17-8-6-12-4-5-12)19-15(18-11)13-3-2-7-16-10-13/h2-3,7,9-10,12H,4-6,8H2,1H3,(H,17,18,19). The average Bonchev–Trinajstić information content (AvgIpc) is 3.23. The second kappa shape index (κ2) is 5.34. The van der Waals surface area contributed by atoms with Gasteiger partial charge in [-0.2, -0.15) is 0 Å². The summed E-state index contributed by atoms with van der Waals surface area (Å²) in [6, 6.07) is 5.88. The first-order valence-corrected chi connectivity index (χ1v) is 6.81. The molecule has 0 bridgehead atoms. The van der Waals surface area contributed by atoms with Crippen LogP contribution in [0, 0.1) is 12.8 Å². The van der Waals surface area contributed by atoms with E-state index in [1.165, 1.54) is 19.3 Å². The van der Waals surface area contributed by atoms with Gasteiger partial charge < -0.3 is 5.32 Å². The molecule has 4 heteroatoms. The predicted octanol–water partition coefficient (Wildman–Crippen LogP) is 3.06. The van der Waals surface area contributed by atoms with Crippen molar-refractivity contribution < 1.29 is 0 Å². The molecule has 0 atom stereocenters. The summed E-state index contributed by atoms with van der Waals surface area (Å²) in [5.41, 5.74) is 1.93. The van der Waals surface area contributed by atoms with Crippen molar-refractivity contribution in [1.82, 2.24) is 15.0 Å². The molecule has 0 unspecified atom stereocenters. The second-order valence-electron chi connectivity index (χ2n) is 5.12. The lowest BCUT2D eigenvalue weighted by atomic mass is 10.2. The molecule has 2 aromatic heterocycles. The van der Waals surface area contributed by atoms with Gasteiger partial charge in [-0.15, -0.1) is 0 Å². The van der Waals surface area contributed by atoms with Gasteiger partial charge in [0.1, 0.15) is 5.82 Å². The van der Waals surface area contributed by atoms with Crippen LogP contribution >= 0.6 is 0 Å². The van der Waals surface area contributed by atoms with E-state index in [0.717, 1.165) is 35.4 Å². The normalized spacial score (nSPS) is 14.4. The second-order valence-corrected chi connectivity index (χ2v) is 5.12. The van der Waals surface area contributed by atoms with Crippen LogP contribution in [0.15, 0.2) is 30.6 Å². The Bertz CT molecular complexity index is 549. The lowest BCUT2D eigenvalue weighted by Gasteiger charge is -2.08. The molecule has 0 radical (unpaired) electrons. The minimum absolute atomic E-state index is 0.738. The molecule has 2 aromatic rings. The van der Waals surface area contributed by atoms with Gasteiger partial charge >= 0.3 is 0 Å². The highest BCUT2D eigenvalue weighted by atomic mass is 15.0. The van der Waals surface area contributed by atoms with Crippen LogP contribution in [0.5, 0.6) is 0 Å². The number of aromatic nitrogens is 3. The number of nitrogens with zero attached hydrogens (tertiary/aromatic N) is 3. The largest absolute Gasteiger partial charge is 0.370 e. The maximum Gasteiger partial charge on any atom is 0.163 e. The Morgan fingerprint density at radius 2 is 2.21 bits per heavy atom. The van der Waals surface area contributed by atoms with Gasteiger partial charge in [0, 0.05) is 36.3 Å². The van der Waals surface area contributed by atoms with Gasteiger partial charge in [0.05, 0.1) is 0 Å². The van der Waals surface area contributed by atoms with Gasteiger partial charge in [-0.3, -0.25) is 4.98 Å². The third-order valence-electron chi connectivity index (χ3n) is 3.33. The van der Waals surface area contributed by atoms with Gasteiger partial charge in [-0.25, -0.2) is 9.97 Å². The Morgan fingerprint density at radius 1 is 1.32 bits per heavy atom. The van der Waals surface area contributed by atoms with E-state index in [9.17, 15) is 0 Å². The van der Waals surface area contributed by atoms with Crippen LogP contribution in [0.1, 0.15) is 25.0 Å². The molecular weight excluding hydrogens is 236 g/mol. The zero-order valence-corrected chi connectivity index (χ0v) is 11.1. The Labute approximate surface area is 113 Å². The van der Waals surface area contributed by atoms with E-state index >= 15 is 0 Å². The summed E-state index contributed by atoms with van der Waals surface area (Å²) in [5.74, 6) is 2.59. The molecule has 4 nitrogen and oxygen atoms in total. The molecule has 1 saturated carbocycles. The molecule has 0 amide bonds. The van der Waals surface area contributed by atoms with E-state index in [1.807, 2.05) is 25.1 Å². The zero-order valence-electron chi connectivity index (χ0n) is 11.1. The minimum Gasteiger partial charge on any atom is -0.370 e. The fourth-order valence-corrected chi connectivity index (χ4v) is 2.09. The molecule has 2 heterocycles. The highest BCUT2D eigenvalue weighted by Gasteiger charge is 2.20. The molecule has 3 rings (SSSR count). The van der Waals surface area contributed by atoms with E-state index in [0.29, 0.717) is 0 Å². The molecule has 1 N–H and O–H groups in total. The topological polar surface area (TPSA) is 50.7 Å². The number of hydrogen-bond donors (Lipinski definition) is 1. The number of pyridine rings is 1.